The molecule has 0 radical (unpaired) electrons. The summed E-state index contributed by atoms with van der Waals surface area (Å²) >= 11 is 0. The molecule has 3 rings (SSSR count). The lowest BCUT2D eigenvalue weighted by atomic mass is 10.0. The molecule has 2 aromatic carbocycles. The Balaban J connectivity index is 2.15. The summed E-state index contributed by atoms with van der Waals surface area (Å²) < 4.78 is 18.9. The highest BCUT2D eigenvalue weighted by Crippen LogP contribution is 2.58. The molecule has 0 aromatic heterocycles. The quantitative estimate of drug-likeness (QED) is 0.637. The van der Waals surface area contributed by atoms with E-state index in [1.54, 1.807) is 12.1 Å². The summed E-state index contributed by atoms with van der Waals surface area (Å²) in [6.45, 7) is 6.18. The second kappa shape index (κ2) is 5.49. The van der Waals surface area contributed by atoms with Crippen molar-refractivity contribution >= 4 is 18.0 Å². The van der Waals surface area contributed by atoms with Crippen molar-refractivity contribution in [3.8, 4) is 0 Å². The van der Waals surface area contributed by atoms with Gasteiger partial charge in [-0.2, -0.15) is 0 Å². The van der Waals surface area contributed by atoms with E-state index in [1.807, 2.05) is 51.1 Å². The molecule has 0 spiro atoms. The number of aryl methyl sites for hydroxylation is 3. The zero-order chi connectivity index (χ0) is 15.9. The Hall–Kier alpha value is -1.70. The monoisotopic (exact) mass is 314 g/mol. The van der Waals surface area contributed by atoms with Gasteiger partial charge >= 0.3 is 0 Å². The van der Waals surface area contributed by atoms with Gasteiger partial charge in [0.2, 0.25) is 12.7 Å². The Bertz CT molecular complexity index is 753. The van der Waals surface area contributed by atoms with Gasteiger partial charge in [-0.3, -0.25) is 4.79 Å². The van der Waals surface area contributed by atoms with E-state index in [0.717, 1.165) is 16.7 Å². The van der Waals surface area contributed by atoms with Gasteiger partial charge in [-0.15, -0.1) is 0 Å². The van der Waals surface area contributed by atoms with Crippen LogP contribution < -0.4 is 5.30 Å². The van der Waals surface area contributed by atoms with Crippen molar-refractivity contribution in [3.05, 3.63) is 64.7 Å². The summed E-state index contributed by atoms with van der Waals surface area (Å²) in [5, 5.41) is 0.585. The van der Waals surface area contributed by atoms with Crippen molar-refractivity contribution in [3.63, 3.8) is 0 Å². The highest BCUT2D eigenvalue weighted by molar-refractivity contribution is 7.88. The van der Waals surface area contributed by atoms with E-state index in [2.05, 4.69) is 0 Å². The van der Waals surface area contributed by atoms with Crippen LogP contribution >= 0.6 is 7.14 Å². The molecule has 0 saturated carbocycles. The van der Waals surface area contributed by atoms with E-state index in [4.69, 9.17) is 4.74 Å². The summed E-state index contributed by atoms with van der Waals surface area (Å²) in [7, 11) is -3.28. The lowest BCUT2D eigenvalue weighted by molar-refractivity contribution is 0.107. The first-order valence-corrected chi connectivity index (χ1v) is 9.12. The average molecular weight is 314 g/mol. The number of rotatable bonds is 4. The van der Waals surface area contributed by atoms with Crippen molar-refractivity contribution in [2.24, 2.45) is 0 Å². The highest BCUT2D eigenvalue weighted by Gasteiger charge is 2.50. The molecule has 3 nitrogen and oxygen atoms in total. The van der Waals surface area contributed by atoms with Crippen LogP contribution in [0.15, 0.2) is 42.5 Å². The Kier molecular flexibility index (Phi) is 3.80. The van der Waals surface area contributed by atoms with Crippen LogP contribution in [0.25, 0.3) is 0 Å². The standard InChI is InChI=1S/C18H19O3P/c1-12-9-13(2)17(14(3)10-12)18(19)22(20,16-11-21-16)15-7-5-4-6-8-15/h4-10,16H,11H2,1-3H3. The highest BCUT2D eigenvalue weighted by atomic mass is 31.2. The smallest absolute Gasteiger partial charge is 0.228 e. The second-order valence-corrected chi connectivity index (χ2v) is 8.67. The van der Waals surface area contributed by atoms with E-state index < -0.39 is 13.0 Å². The number of ether oxygens (including phenoxy) is 1. The summed E-state index contributed by atoms with van der Waals surface area (Å²) in [5.41, 5.74) is 3.15. The molecule has 114 valence electrons. The first-order chi connectivity index (χ1) is 10.4. The molecule has 1 fully saturated rings. The lowest BCUT2D eigenvalue weighted by Gasteiger charge is -2.18. The van der Waals surface area contributed by atoms with Crippen LogP contribution in [0.1, 0.15) is 27.0 Å². The SMILES string of the molecule is Cc1cc(C)c(C(=O)P(=O)(c2ccccc2)C2CO2)c(C)c1. The Labute approximate surface area is 130 Å². The maximum Gasteiger partial charge on any atom is 0.228 e. The molecule has 4 heteroatoms. The third-order valence-electron chi connectivity index (χ3n) is 4.05. The van der Waals surface area contributed by atoms with Crippen molar-refractivity contribution in [2.75, 3.05) is 6.61 Å². The maximum absolute atomic E-state index is 13.6. The van der Waals surface area contributed by atoms with Crippen LogP contribution in [0.2, 0.25) is 0 Å². The molecule has 0 bridgehead atoms. The van der Waals surface area contributed by atoms with Gasteiger partial charge in [-0.05, 0) is 31.9 Å². The Morgan fingerprint density at radius 1 is 1.09 bits per heavy atom. The molecule has 1 heterocycles. The number of epoxide rings is 1. The van der Waals surface area contributed by atoms with E-state index in [0.29, 0.717) is 17.5 Å². The van der Waals surface area contributed by atoms with Crippen molar-refractivity contribution < 1.29 is 14.1 Å². The fraction of sp³-hybridized carbons (Fsp3) is 0.278. The number of hydrogen-bond donors (Lipinski definition) is 0. The summed E-state index contributed by atoms with van der Waals surface area (Å²) in [6, 6.07) is 12.9. The van der Waals surface area contributed by atoms with Crippen LogP contribution in [-0.4, -0.2) is 18.0 Å². The van der Waals surface area contributed by atoms with E-state index in [-0.39, 0.29) is 5.52 Å². The first kappa shape index (κ1) is 15.2. The average Bonchev–Trinajstić information content (AvgIpc) is 3.31. The molecule has 22 heavy (non-hydrogen) atoms. The minimum atomic E-state index is -3.28. The number of carbonyl (C=O) groups excluding carboxylic acids is 1. The van der Waals surface area contributed by atoms with Crippen LogP contribution in [0, 0.1) is 20.8 Å². The van der Waals surface area contributed by atoms with E-state index >= 15 is 0 Å². The molecule has 0 aliphatic carbocycles. The first-order valence-electron chi connectivity index (χ1n) is 7.34. The van der Waals surface area contributed by atoms with E-state index in [9.17, 15) is 9.36 Å². The molecule has 1 aliphatic rings. The van der Waals surface area contributed by atoms with Crippen molar-refractivity contribution in [2.45, 2.75) is 26.6 Å². The zero-order valence-electron chi connectivity index (χ0n) is 13.0. The molecule has 1 aliphatic heterocycles. The Morgan fingerprint density at radius 2 is 1.64 bits per heavy atom. The second-order valence-electron chi connectivity index (χ2n) is 5.86. The largest absolute Gasteiger partial charge is 0.364 e. The fourth-order valence-corrected chi connectivity index (χ4v) is 5.63. The minimum absolute atomic E-state index is 0.281. The van der Waals surface area contributed by atoms with Crippen molar-refractivity contribution in [1.82, 2.24) is 0 Å². The van der Waals surface area contributed by atoms with Gasteiger partial charge in [-0.25, -0.2) is 0 Å². The molecular weight excluding hydrogens is 295 g/mol. The predicted molar refractivity (Wildman–Crippen MR) is 88.4 cm³/mol. The van der Waals surface area contributed by atoms with E-state index in [1.165, 1.54) is 0 Å². The number of hydrogen-bond acceptors (Lipinski definition) is 3. The van der Waals surface area contributed by atoms with Gasteiger partial charge in [0.1, 0.15) is 5.85 Å². The molecule has 0 amide bonds. The number of carbonyl (C=O) groups is 1. The van der Waals surface area contributed by atoms with Gasteiger partial charge in [0.25, 0.3) is 0 Å². The Morgan fingerprint density at radius 3 is 2.14 bits per heavy atom. The van der Waals surface area contributed by atoms with Crippen LogP contribution in [-0.2, 0) is 9.30 Å². The van der Waals surface area contributed by atoms with Gasteiger partial charge in [0.15, 0.2) is 0 Å². The minimum Gasteiger partial charge on any atom is -0.364 e. The van der Waals surface area contributed by atoms with Crippen LogP contribution in [0.3, 0.4) is 0 Å². The summed E-state index contributed by atoms with van der Waals surface area (Å²) in [6.07, 6.45) is 0. The van der Waals surface area contributed by atoms with Crippen LogP contribution in [0.4, 0.5) is 0 Å². The third-order valence-corrected chi connectivity index (χ3v) is 7.06. The number of benzene rings is 2. The van der Waals surface area contributed by atoms with Gasteiger partial charge < -0.3 is 9.30 Å². The summed E-state index contributed by atoms with van der Waals surface area (Å²) in [4.78, 5) is 13.2. The molecule has 1 saturated heterocycles. The van der Waals surface area contributed by atoms with Gasteiger partial charge in [0, 0.05) is 10.9 Å². The molecular formula is C18H19O3P. The maximum atomic E-state index is 13.6. The predicted octanol–water partition coefficient (Wildman–Crippen LogP) is 3.80. The fourth-order valence-electron chi connectivity index (χ4n) is 3.00. The van der Waals surface area contributed by atoms with Crippen LogP contribution in [0.5, 0.6) is 0 Å². The zero-order valence-corrected chi connectivity index (χ0v) is 13.9. The third kappa shape index (κ3) is 2.45. The van der Waals surface area contributed by atoms with Gasteiger partial charge in [-0.1, -0.05) is 48.0 Å². The molecule has 2 unspecified atom stereocenters. The topological polar surface area (TPSA) is 46.7 Å². The van der Waals surface area contributed by atoms with Crippen molar-refractivity contribution in [1.29, 1.82) is 0 Å². The summed E-state index contributed by atoms with van der Waals surface area (Å²) in [5.74, 6) is -0.470. The normalized spacial score (nSPS) is 19.5. The van der Waals surface area contributed by atoms with Gasteiger partial charge in [0.05, 0.1) is 6.61 Å². The molecule has 0 N–H and O–H groups in total. The molecule has 2 aromatic rings. The molecule has 2 atom stereocenters. The lowest BCUT2D eigenvalue weighted by Crippen LogP contribution is -2.19.